The summed E-state index contributed by atoms with van der Waals surface area (Å²) < 4.78 is 52.9. The van der Waals surface area contributed by atoms with Crippen molar-refractivity contribution in [1.82, 2.24) is 8.61 Å². The van der Waals surface area contributed by atoms with Gasteiger partial charge in [-0.1, -0.05) is 31.0 Å². The number of hydrogen-bond acceptors (Lipinski definition) is 4. The summed E-state index contributed by atoms with van der Waals surface area (Å²) in [6.07, 6.45) is 1.45. The second-order valence-corrected chi connectivity index (χ2v) is 10.2. The zero-order chi connectivity index (χ0) is 18.0. The highest BCUT2D eigenvalue weighted by Crippen LogP contribution is 2.22. The fraction of sp³-hybridized carbons (Fsp3) is 0.625. The first-order valence-electron chi connectivity index (χ1n) is 8.23. The maximum atomic E-state index is 12.8. The maximum absolute atomic E-state index is 12.8. The van der Waals surface area contributed by atoms with Crippen molar-refractivity contribution in [2.24, 2.45) is 0 Å². The molecule has 24 heavy (non-hydrogen) atoms. The third-order valence-electron chi connectivity index (χ3n) is 4.30. The number of unbranched alkanes of at least 4 members (excludes halogenated alkanes) is 1. The van der Waals surface area contributed by atoms with Crippen LogP contribution in [0.5, 0.6) is 0 Å². The lowest BCUT2D eigenvalue weighted by Gasteiger charge is -2.33. The summed E-state index contributed by atoms with van der Waals surface area (Å²) in [5, 5.41) is 0. The number of rotatable bonds is 6. The Balaban J connectivity index is 2.11. The monoisotopic (exact) mass is 374 g/mol. The van der Waals surface area contributed by atoms with Crippen molar-refractivity contribution in [3.8, 4) is 0 Å². The third kappa shape index (κ3) is 4.17. The summed E-state index contributed by atoms with van der Waals surface area (Å²) in [7, 11) is -6.86. The van der Waals surface area contributed by atoms with Gasteiger partial charge in [-0.3, -0.25) is 0 Å². The fourth-order valence-corrected chi connectivity index (χ4v) is 6.13. The van der Waals surface area contributed by atoms with Crippen LogP contribution in [0.15, 0.2) is 23.1 Å². The Labute approximate surface area is 145 Å². The molecule has 1 aromatic carbocycles. The van der Waals surface area contributed by atoms with Gasteiger partial charge in [-0.25, -0.2) is 16.8 Å². The number of nitrogens with zero attached hydrogens (tertiary/aromatic N) is 2. The van der Waals surface area contributed by atoms with Gasteiger partial charge in [0, 0.05) is 26.2 Å². The molecule has 6 nitrogen and oxygen atoms in total. The molecule has 1 fully saturated rings. The minimum atomic E-state index is -3.58. The van der Waals surface area contributed by atoms with Crippen LogP contribution in [0.2, 0.25) is 0 Å². The average molecular weight is 375 g/mol. The Hall–Kier alpha value is -0.960. The number of benzene rings is 1. The molecule has 0 aliphatic carbocycles. The molecule has 1 heterocycles. The van der Waals surface area contributed by atoms with Gasteiger partial charge in [0.1, 0.15) is 0 Å². The lowest BCUT2D eigenvalue weighted by atomic mass is 10.2. The topological polar surface area (TPSA) is 74.8 Å². The number of sulfonamides is 2. The summed E-state index contributed by atoms with van der Waals surface area (Å²) >= 11 is 0. The molecule has 1 aliphatic rings. The molecule has 0 unspecified atom stereocenters. The van der Waals surface area contributed by atoms with Crippen LogP contribution in [0.4, 0.5) is 0 Å². The quantitative estimate of drug-likeness (QED) is 0.760. The van der Waals surface area contributed by atoms with E-state index in [-0.39, 0.29) is 31.9 Å². The van der Waals surface area contributed by atoms with Crippen LogP contribution in [-0.2, 0) is 20.0 Å². The van der Waals surface area contributed by atoms with E-state index in [4.69, 9.17) is 0 Å². The summed E-state index contributed by atoms with van der Waals surface area (Å²) in [5.74, 6) is 0.132. The van der Waals surface area contributed by atoms with Crippen molar-refractivity contribution >= 4 is 20.0 Å². The molecule has 1 saturated heterocycles. The lowest BCUT2D eigenvalue weighted by Crippen LogP contribution is -2.51. The van der Waals surface area contributed by atoms with Gasteiger partial charge in [0.25, 0.3) is 0 Å². The molecule has 8 heteroatoms. The van der Waals surface area contributed by atoms with Crippen molar-refractivity contribution in [3.05, 3.63) is 29.3 Å². The standard InChI is InChI=1S/C16H26N2O4S2/c1-4-5-12-23(19,20)17-8-10-18(11-9-17)24(21,22)16-7-6-14(2)13-15(16)3/h6-7,13H,4-5,8-12H2,1-3H3. The second-order valence-electron chi connectivity index (χ2n) is 6.24. The third-order valence-corrected chi connectivity index (χ3v) is 8.31. The molecule has 0 radical (unpaired) electrons. The summed E-state index contributed by atoms with van der Waals surface area (Å²) in [6, 6.07) is 5.26. The molecular formula is C16H26N2O4S2. The first-order chi connectivity index (χ1) is 11.2. The van der Waals surface area contributed by atoms with Crippen LogP contribution in [-0.4, -0.2) is 57.4 Å². The van der Waals surface area contributed by atoms with E-state index in [1.54, 1.807) is 19.1 Å². The van der Waals surface area contributed by atoms with Crippen molar-refractivity contribution < 1.29 is 16.8 Å². The predicted molar refractivity (Wildman–Crippen MR) is 94.9 cm³/mol. The molecule has 136 valence electrons. The highest BCUT2D eigenvalue weighted by atomic mass is 32.2. The molecule has 1 aromatic rings. The molecule has 0 bridgehead atoms. The van der Waals surface area contributed by atoms with Crippen molar-refractivity contribution in [3.63, 3.8) is 0 Å². The van der Waals surface area contributed by atoms with Crippen LogP contribution in [0, 0.1) is 13.8 Å². The van der Waals surface area contributed by atoms with E-state index in [1.165, 1.54) is 8.61 Å². The first kappa shape index (κ1) is 19.4. The maximum Gasteiger partial charge on any atom is 0.243 e. The largest absolute Gasteiger partial charge is 0.243 e. The summed E-state index contributed by atoms with van der Waals surface area (Å²) in [6.45, 7) is 6.48. The average Bonchev–Trinajstić information content (AvgIpc) is 2.52. The zero-order valence-corrected chi connectivity index (χ0v) is 16.2. The highest BCUT2D eigenvalue weighted by Gasteiger charge is 2.33. The van der Waals surface area contributed by atoms with Crippen molar-refractivity contribution in [2.75, 3.05) is 31.9 Å². The molecule has 0 N–H and O–H groups in total. The van der Waals surface area contributed by atoms with Gasteiger partial charge in [0.05, 0.1) is 10.6 Å². The van der Waals surface area contributed by atoms with Crippen LogP contribution < -0.4 is 0 Å². The van der Waals surface area contributed by atoms with Crippen LogP contribution in [0.3, 0.4) is 0 Å². The molecule has 0 amide bonds. The van der Waals surface area contributed by atoms with E-state index in [0.29, 0.717) is 16.9 Å². The number of hydrogen-bond donors (Lipinski definition) is 0. The molecule has 1 aliphatic heterocycles. The van der Waals surface area contributed by atoms with E-state index >= 15 is 0 Å². The van der Waals surface area contributed by atoms with E-state index < -0.39 is 20.0 Å². The minimum Gasteiger partial charge on any atom is -0.212 e. The van der Waals surface area contributed by atoms with Gasteiger partial charge in [-0.15, -0.1) is 0 Å². The van der Waals surface area contributed by atoms with E-state index in [9.17, 15) is 16.8 Å². The van der Waals surface area contributed by atoms with E-state index in [1.807, 2.05) is 19.9 Å². The smallest absolute Gasteiger partial charge is 0.212 e. The van der Waals surface area contributed by atoms with E-state index in [2.05, 4.69) is 0 Å². The van der Waals surface area contributed by atoms with Gasteiger partial charge in [-0.2, -0.15) is 8.61 Å². The lowest BCUT2D eigenvalue weighted by molar-refractivity contribution is 0.272. The second kappa shape index (κ2) is 7.51. The van der Waals surface area contributed by atoms with Gasteiger partial charge >= 0.3 is 0 Å². The van der Waals surface area contributed by atoms with Crippen LogP contribution >= 0.6 is 0 Å². The summed E-state index contributed by atoms with van der Waals surface area (Å²) in [5.41, 5.74) is 1.73. The molecule has 2 rings (SSSR count). The Morgan fingerprint density at radius 2 is 1.54 bits per heavy atom. The Kier molecular flexibility index (Phi) is 6.06. The fourth-order valence-electron chi connectivity index (χ4n) is 2.87. The van der Waals surface area contributed by atoms with E-state index in [0.717, 1.165) is 12.0 Å². The molecule has 0 saturated carbocycles. The van der Waals surface area contributed by atoms with Crippen molar-refractivity contribution in [1.29, 1.82) is 0 Å². The molecular weight excluding hydrogens is 348 g/mol. The Morgan fingerprint density at radius 1 is 0.958 bits per heavy atom. The van der Waals surface area contributed by atoms with Gasteiger partial charge in [0.2, 0.25) is 20.0 Å². The van der Waals surface area contributed by atoms with Crippen LogP contribution in [0.1, 0.15) is 30.9 Å². The van der Waals surface area contributed by atoms with Crippen LogP contribution in [0.25, 0.3) is 0 Å². The molecule has 0 spiro atoms. The van der Waals surface area contributed by atoms with Gasteiger partial charge in [0.15, 0.2) is 0 Å². The Morgan fingerprint density at radius 3 is 2.08 bits per heavy atom. The first-order valence-corrected chi connectivity index (χ1v) is 11.3. The normalized spacial score (nSPS) is 18.0. The highest BCUT2D eigenvalue weighted by molar-refractivity contribution is 7.89. The zero-order valence-electron chi connectivity index (χ0n) is 14.5. The minimum absolute atomic E-state index is 0.132. The number of aryl methyl sites for hydroxylation is 2. The Bertz CT molecular complexity index is 780. The molecule has 0 aromatic heterocycles. The van der Waals surface area contributed by atoms with Gasteiger partial charge < -0.3 is 0 Å². The predicted octanol–water partition coefficient (Wildman–Crippen LogP) is 1.74. The van der Waals surface area contributed by atoms with Crippen molar-refractivity contribution in [2.45, 2.75) is 38.5 Å². The summed E-state index contributed by atoms with van der Waals surface area (Å²) in [4.78, 5) is 0.301. The SMILES string of the molecule is CCCCS(=O)(=O)N1CCN(S(=O)(=O)c2ccc(C)cc2C)CC1. The number of piperazine rings is 1. The van der Waals surface area contributed by atoms with Gasteiger partial charge in [-0.05, 0) is 31.9 Å². The molecule has 0 atom stereocenters.